The Morgan fingerprint density at radius 2 is 1.83 bits per heavy atom. The largest absolute Gasteiger partial charge is 0.491 e. The molecule has 7 nitrogen and oxygen atoms in total. The van der Waals surface area contributed by atoms with Crippen LogP contribution in [0.3, 0.4) is 0 Å². The maximum absolute atomic E-state index is 13.4. The van der Waals surface area contributed by atoms with E-state index >= 15 is 0 Å². The van der Waals surface area contributed by atoms with Gasteiger partial charge < -0.3 is 10.1 Å². The van der Waals surface area contributed by atoms with Gasteiger partial charge in [0.15, 0.2) is 5.82 Å². The molecule has 1 N–H and O–H groups in total. The summed E-state index contributed by atoms with van der Waals surface area (Å²) in [6.45, 7) is 7.21. The average Bonchev–Trinajstić information content (AvgIpc) is 3.00. The number of halogens is 3. The molecular formula is C20H23F3N6O. The van der Waals surface area contributed by atoms with Crippen LogP contribution in [0.25, 0.3) is 11.5 Å². The molecule has 0 spiro atoms. The fourth-order valence-corrected chi connectivity index (χ4v) is 2.89. The Balaban J connectivity index is 1.90. The van der Waals surface area contributed by atoms with Crippen LogP contribution in [0.5, 0.6) is 5.75 Å². The zero-order valence-electron chi connectivity index (χ0n) is 17.3. The summed E-state index contributed by atoms with van der Waals surface area (Å²) in [5, 5.41) is 6.96. The van der Waals surface area contributed by atoms with Gasteiger partial charge in [-0.05, 0) is 37.5 Å². The molecule has 30 heavy (non-hydrogen) atoms. The van der Waals surface area contributed by atoms with E-state index in [4.69, 9.17) is 4.74 Å². The van der Waals surface area contributed by atoms with Crippen molar-refractivity contribution < 1.29 is 17.9 Å². The summed E-state index contributed by atoms with van der Waals surface area (Å²) in [4.78, 5) is 12.7. The highest BCUT2D eigenvalue weighted by Crippen LogP contribution is 2.36. The SMILES string of the molecule is CC(C)Oc1ccnc(-c2nc(Nc3cc(C(F)(F)F)c(C(C)C)cn3)nn2C)c1. The normalized spacial score (nSPS) is 11.9. The lowest BCUT2D eigenvalue weighted by Crippen LogP contribution is -2.12. The number of anilines is 2. The Hall–Kier alpha value is -3.17. The first-order chi connectivity index (χ1) is 14.0. The number of rotatable bonds is 6. The van der Waals surface area contributed by atoms with E-state index in [2.05, 4.69) is 25.4 Å². The number of ether oxygens (including phenoxy) is 1. The summed E-state index contributed by atoms with van der Waals surface area (Å²) in [5.74, 6) is 0.875. The van der Waals surface area contributed by atoms with Crippen molar-refractivity contribution in [1.29, 1.82) is 0 Å². The number of nitrogens with one attached hydrogen (secondary N) is 1. The van der Waals surface area contributed by atoms with Crippen LogP contribution in [-0.4, -0.2) is 30.8 Å². The Morgan fingerprint density at radius 3 is 2.47 bits per heavy atom. The fraction of sp³-hybridized carbons (Fsp3) is 0.400. The van der Waals surface area contributed by atoms with Crippen molar-refractivity contribution in [2.24, 2.45) is 7.05 Å². The zero-order valence-corrected chi connectivity index (χ0v) is 17.3. The molecule has 0 aliphatic heterocycles. The maximum Gasteiger partial charge on any atom is 0.416 e. The summed E-state index contributed by atoms with van der Waals surface area (Å²) >= 11 is 0. The molecule has 0 fully saturated rings. The van der Waals surface area contributed by atoms with Gasteiger partial charge in [-0.15, -0.1) is 5.10 Å². The number of aromatic nitrogens is 5. The van der Waals surface area contributed by atoms with Crippen LogP contribution >= 0.6 is 0 Å². The van der Waals surface area contributed by atoms with Crippen molar-refractivity contribution in [3.05, 3.63) is 41.7 Å². The quantitative estimate of drug-likeness (QED) is 0.608. The minimum atomic E-state index is -4.48. The van der Waals surface area contributed by atoms with E-state index in [9.17, 15) is 13.2 Å². The van der Waals surface area contributed by atoms with E-state index in [1.54, 1.807) is 39.2 Å². The van der Waals surface area contributed by atoms with Gasteiger partial charge in [-0.25, -0.2) is 9.67 Å². The molecule has 0 aliphatic carbocycles. The van der Waals surface area contributed by atoms with Gasteiger partial charge in [0.05, 0.1) is 11.7 Å². The van der Waals surface area contributed by atoms with Crippen LogP contribution in [0.2, 0.25) is 0 Å². The standard InChI is InChI=1S/C20H23F3N6O/c1-11(2)14-10-25-17(9-15(14)20(21,22)23)26-19-27-18(29(5)28-19)16-8-13(6-7-24-16)30-12(3)4/h6-12H,1-5H3,(H,25,26,28). The zero-order chi connectivity index (χ0) is 22.1. The molecule has 160 valence electrons. The second kappa shape index (κ2) is 8.29. The number of hydrogen-bond donors (Lipinski definition) is 1. The third kappa shape index (κ3) is 4.87. The van der Waals surface area contributed by atoms with Crippen molar-refractivity contribution in [2.75, 3.05) is 5.32 Å². The van der Waals surface area contributed by atoms with Gasteiger partial charge in [-0.1, -0.05) is 13.8 Å². The van der Waals surface area contributed by atoms with Crippen LogP contribution in [0.15, 0.2) is 30.6 Å². The second-order valence-electron chi connectivity index (χ2n) is 7.36. The molecule has 3 heterocycles. The molecule has 0 aromatic carbocycles. The lowest BCUT2D eigenvalue weighted by molar-refractivity contribution is -0.138. The third-order valence-electron chi connectivity index (χ3n) is 4.20. The van der Waals surface area contributed by atoms with Gasteiger partial charge in [0.25, 0.3) is 0 Å². The van der Waals surface area contributed by atoms with Crippen molar-refractivity contribution in [1.82, 2.24) is 24.7 Å². The van der Waals surface area contributed by atoms with E-state index in [-0.39, 0.29) is 29.4 Å². The third-order valence-corrected chi connectivity index (χ3v) is 4.20. The molecule has 0 aliphatic rings. The first-order valence-corrected chi connectivity index (χ1v) is 9.43. The van der Waals surface area contributed by atoms with Gasteiger partial charge in [0.2, 0.25) is 5.95 Å². The summed E-state index contributed by atoms with van der Waals surface area (Å²) in [6, 6.07) is 4.43. The van der Waals surface area contributed by atoms with Crippen LogP contribution in [-0.2, 0) is 13.2 Å². The maximum atomic E-state index is 13.4. The lowest BCUT2D eigenvalue weighted by atomic mass is 9.99. The van der Waals surface area contributed by atoms with Gasteiger partial charge in [0.1, 0.15) is 17.3 Å². The van der Waals surface area contributed by atoms with E-state index in [0.717, 1.165) is 6.07 Å². The minimum absolute atomic E-state index is 0.000289. The summed E-state index contributed by atoms with van der Waals surface area (Å²) in [7, 11) is 1.67. The molecule has 0 atom stereocenters. The monoisotopic (exact) mass is 420 g/mol. The topological polar surface area (TPSA) is 77.8 Å². The first kappa shape index (κ1) is 21.5. The van der Waals surface area contributed by atoms with Crippen LogP contribution < -0.4 is 10.1 Å². The Bertz CT molecular complexity index is 1030. The Labute approximate surface area is 172 Å². The molecule has 3 aromatic heterocycles. The predicted octanol–water partition coefficient (Wildman–Crippen LogP) is 4.95. The van der Waals surface area contributed by atoms with Crippen LogP contribution in [0.4, 0.5) is 24.9 Å². The molecule has 0 radical (unpaired) electrons. The second-order valence-corrected chi connectivity index (χ2v) is 7.36. The molecule has 0 saturated heterocycles. The van der Waals surface area contributed by atoms with E-state index in [0.29, 0.717) is 17.3 Å². The molecule has 10 heteroatoms. The first-order valence-electron chi connectivity index (χ1n) is 9.43. The molecule has 0 saturated carbocycles. The highest BCUT2D eigenvalue weighted by molar-refractivity contribution is 5.57. The van der Waals surface area contributed by atoms with Crippen molar-refractivity contribution in [3.8, 4) is 17.3 Å². The molecule has 0 unspecified atom stereocenters. The molecule has 0 amide bonds. The molecular weight excluding hydrogens is 397 g/mol. The van der Waals surface area contributed by atoms with E-state index in [1.165, 1.54) is 10.9 Å². The van der Waals surface area contributed by atoms with Crippen LogP contribution in [0.1, 0.15) is 44.7 Å². The summed E-state index contributed by atoms with van der Waals surface area (Å²) in [6.07, 6.45) is -1.66. The van der Waals surface area contributed by atoms with Gasteiger partial charge >= 0.3 is 6.18 Å². The number of alkyl halides is 3. The van der Waals surface area contributed by atoms with Crippen molar-refractivity contribution in [2.45, 2.75) is 45.9 Å². The number of aryl methyl sites for hydroxylation is 1. The van der Waals surface area contributed by atoms with Crippen molar-refractivity contribution >= 4 is 11.8 Å². The molecule has 3 aromatic rings. The lowest BCUT2D eigenvalue weighted by Gasteiger charge is -2.16. The Morgan fingerprint density at radius 1 is 1.10 bits per heavy atom. The summed E-state index contributed by atoms with van der Waals surface area (Å²) in [5.41, 5.74) is -0.0736. The highest BCUT2D eigenvalue weighted by Gasteiger charge is 2.34. The van der Waals surface area contributed by atoms with Gasteiger partial charge in [0, 0.05) is 25.5 Å². The molecule has 0 bridgehead atoms. The Kier molecular flexibility index (Phi) is 5.95. The summed E-state index contributed by atoms with van der Waals surface area (Å²) < 4.78 is 47.5. The smallest absolute Gasteiger partial charge is 0.416 e. The van der Waals surface area contributed by atoms with Crippen LogP contribution in [0, 0.1) is 0 Å². The van der Waals surface area contributed by atoms with E-state index < -0.39 is 11.7 Å². The average molecular weight is 420 g/mol. The highest BCUT2D eigenvalue weighted by atomic mass is 19.4. The number of hydrogen-bond acceptors (Lipinski definition) is 6. The predicted molar refractivity (Wildman–Crippen MR) is 107 cm³/mol. The van der Waals surface area contributed by atoms with Gasteiger partial charge in [-0.3, -0.25) is 4.98 Å². The number of nitrogens with zero attached hydrogens (tertiary/aromatic N) is 5. The van der Waals surface area contributed by atoms with Crippen molar-refractivity contribution in [3.63, 3.8) is 0 Å². The van der Waals surface area contributed by atoms with E-state index in [1.807, 2.05) is 13.8 Å². The molecule has 3 rings (SSSR count). The fourth-order valence-electron chi connectivity index (χ4n) is 2.89. The minimum Gasteiger partial charge on any atom is -0.491 e. The number of pyridine rings is 2. The van der Waals surface area contributed by atoms with Gasteiger partial charge in [-0.2, -0.15) is 18.2 Å².